The zero-order valence-corrected chi connectivity index (χ0v) is 12.3. The Bertz CT molecular complexity index is 431. The van der Waals surface area contributed by atoms with Crippen molar-refractivity contribution in [1.82, 2.24) is 0 Å². The summed E-state index contributed by atoms with van der Waals surface area (Å²) in [6.07, 6.45) is 4.04. The van der Waals surface area contributed by atoms with Crippen LogP contribution >= 0.6 is 11.6 Å². The fourth-order valence-corrected chi connectivity index (χ4v) is 3.37. The van der Waals surface area contributed by atoms with Crippen LogP contribution in [0.15, 0.2) is 18.2 Å². The summed E-state index contributed by atoms with van der Waals surface area (Å²) < 4.78 is 26.1. The van der Waals surface area contributed by atoms with Crippen LogP contribution in [0.2, 0.25) is 0 Å². The van der Waals surface area contributed by atoms with E-state index in [-0.39, 0.29) is 5.38 Å². The van der Waals surface area contributed by atoms with Gasteiger partial charge in [-0.2, -0.15) is 0 Å². The molecule has 1 aromatic carbocycles. The van der Waals surface area contributed by atoms with E-state index in [1.54, 1.807) is 6.07 Å². The maximum Gasteiger partial charge on any atom is 0.159 e. The van der Waals surface area contributed by atoms with Gasteiger partial charge >= 0.3 is 0 Å². The Morgan fingerprint density at radius 2 is 1.95 bits per heavy atom. The Hall–Kier alpha value is -0.630. The van der Waals surface area contributed by atoms with Crippen LogP contribution < -0.4 is 0 Å². The number of alkyl halides is 1. The van der Waals surface area contributed by atoms with Gasteiger partial charge in [-0.05, 0) is 61.1 Å². The first-order valence-electron chi connectivity index (χ1n) is 7.05. The summed E-state index contributed by atoms with van der Waals surface area (Å²) in [5.74, 6) is 0.185. The van der Waals surface area contributed by atoms with Crippen molar-refractivity contribution >= 4 is 11.6 Å². The highest BCUT2D eigenvalue weighted by molar-refractivity contribution is 6.20. The van der Waals surface area contributed by atoms with Crippen molar-refractivity contribution in [2.24, 2.45) is 17.8 Å². The molecule has 1 aliphatic rings. The molecule has 1 aliphatic carbocycles. The topological polar surface area (TPSA) is 0 Å². The summed E-state index contributed by atoms with van der Waals surface area (Å²) in [5.41, 5.74) is 0.846. The van der Waals surface area contributed by atoms with E-state index in [4.69, 9.17) is 11.6 Å². The summed E-state index contributed by atoms with van der Waals surface area (Å²) in [7, 11) is 0. The van der Waals surface area contributed by atoms with Crippen LogP contribution in [-0.2, 0) is 6.42 Å². The van der Waals surface area contributed by atoms with E-state index < -0.39 is 11.6 Å². The second-order valence-corrected chi connectivity index (χ2v) is 6.61. The first-order valence-corrected chi connectivity index (χ1v) is 7.49. The minimum Gasteiger partial charge on any atom is -0.204 e. The molecule has 0 radical (unpaired) electrons. The van der Waals surface area contributed by atoms with Gasteiger partial charge in [-0.1, -0.05) is 19.9 Å². The highest BCUT2D eigenvalue weighted by atomic mass is 35.5. The molecule has 3 unspecified atom stereocenters. The number of hydrogen-bond donors (Lipinski definition) is 0. The first-order chi connectivity index (χ1) is 8.97. The van der Waals surface area contributed by atoms with Crippen LogP contribution in [0.3, 0.4) is 0 Å². The van der Waals surface area contributed by atoms with Crippen LogP contribution in [0, 0.1) is 29.4 Å². The molecular weight excluding hydrogens is 266 g/mol. The van der Waals surface area contributed by atoms with Crippen LogP contribution in [0.4, 0.5) is 8.78 Å². The Kier molecular flexibility index (Phi) is 4.83. The highest BCUT2D eigenvalue weighted by Gasteiger charge is 2.30. The van der Waals surface area contributed by atoms with Gasteiger partial charge in [0, 0.05) is 5.38 Å². The standard InChI is InChI=1S/C16H21ClF2/c1-10(2)12-4-5-14(17)13(9-12)7-11-3-6-15(18)16(19)8-11/h3,6,8,10,12-14H,4-5,7,9H2,1-2H3. The van der Waals surface area contributed by atoms with Crippen molar-refractivity contribution in [3.63, 3.8) is 0 Å². The third-order valence-corrected chi connectivity index (χ3v) is 4.93. The molecule has 0 aromatic heterocycles. The Labute approximate surface area is 119 Å². The van der Waals surface area contributed by atoms with Crippen molar-refractivity contribution in [2.45, 2.75) is 44.9 Å². The fourth-order valence-electron chi connectivity index (χ4n) is 3.05. The van der Waals surface area contributed by atoms with E-state index in [0.717, 1.165) is 24.8 Å². The number of rotatable bonds is 3. The number of halogens is 3. The van der Waals surface area contributed by atoms with Crippen molar-refractivity contribution in [3.8, 4) is 0 Å². The van der Waals surface area contributed by atoms with E-state index in [9.17, 15) is 8.78 Å². The van der Waals surface area contributed by atoms with Gasteiger partial charge in [0.25, 0.3) is 0 Å². The van der Waals surface area contributed by atoms with Gasteiger partial charge in [-0.25, -0.2) is 8.78 Å². The van der Waals surface area contributed by atoms with Crippen LogP contribution in [-0.4, -0.2) is 5.38 Å². The summed E-state index contributed by atoms with van der Waals surface area (Å²) in [4.78, 5) is 0. The van der Waals surface area contributed by atoms with Gasteiger partial charge in [0.1, 0.15) is 0 Å². The molecule has 1 saturated carbocycles. The lowest BCUT2D eigenvalue weighted by Gasteiger charge is -2.35. The van der Waals surface area contributed by atoms with Crippen LogP contribution in [0.5, 0.6) is 0 Å². The molecule has 2 rings (SSSR count). The molecule has 3 atom stereocenters. The normalized spacial score (nSPS) is 27.8. The zero-order valence-electron chi connectivity index (χ0n) is 11.5. The lowest BCUT2D eigenvalue weighted by molar-refractivity contribution is 0.218. The highest BCUT2D eigenvalue weighted by Crippen LogP contribution is 2.38. The van der Waals surface area contributed by atoms with E-state index in [1.165, 1.54) is 18.6 Å². The van der Waals surface area contributed by atoms with Gasteiger partial charge < -0.3 is 0 Å². The molecule has 1 aromatic rings. The largest absolute Gasteiger partial charge is 0.204 e. The zero-order chi connectivity index (χ0) is 14.0. The average Bonchev–Trinajstić information content (AvgIpc) is 2.36. The number of hydrogen-bond acceptors (Lipinski definition) is 0. The Morgan fingerprint density at radius 3 is 2.58 bits per heavy atom. The second kappa shape index (κ2) is 6.21. The Morgan fingerprint density at radius 1 is 1.21 bits per heavy atom. The van der Waals surface area contributed by atoms with Gasteiger partial charge in [0.15, 0.2) is 11.6 Å². The maximum absolute atomic E-state index is 13.2. The minimum absolute atomic E-state index is 0.156. The van der Waals surface area contributed by atoms with Gasteiger partial charge in [0.05, 0.1) is 0 Å². The molecule has 0 bridgehead atoms. The molecule has 0 amide bonds. The average molecular weight is 287 g/mol. The van der Waals surface area contributed by atoms with Gasteiger partial charge in [0.2, 0.25) is 0 Å². The molecule has 0 spiro atoms. The van der Waals surface area contributed by atoms with Crippen LogP contribution in [0.1, 0.15) is 38.7 Å². The third kappa shape index (κ3) is 3.68. The SMILES string of the molecule is CC(C)C1CCC(Cl)C(Cc2ccc(F)c(F)c2)C1. The molecule has 0 aliphatic heterocycles. The quantitative estimate of drug-likeness (QED) is 0.671. The molecule has 19 heavy (non-hydrogen) atoms. The van der Waals surface area contributed by atoms with Crippen LogP contribution in [0.25, 0.3) is 0 Å². The summed E-state index contributed by atoms with van der Waals surface area (Å²) in [6, 6.07) is 4.18. The third-order valence-electron chi connectivity index (χ3n) is 4.35. The molecule has 106 valence electrons. The predicted octanol–water partition coefficient (Wildman–Crippen LogP) is 5.19. The molecule has 0 N–H and O–H groups in total. The molecule has 3 heteroatoms. The molecule has 0 nitrogen and oxygen atoms in total. The fraction of sp³-hybridized carbons (Fsp3) is 0.625. The number of benzene rings is 1. The molecule has 1 fully saturated rings. The van der Waals surface area contributed by atoms with Crippen molar-refractivity contribution in [2.75, 3.05) is 0 Å². The predicted molar refractivity (Wildman–Crippen MR) is 75.4 cm³/mol. The van der Waals surface area contributed by atoms with Crippen molar-refractivity contribution in [3.05, 3.63) is 35.4 Å². The minimum atomic E-state index is -0.783. The van der Waals surface area contributed by atoms with Crippen molar-refractivity contribution < 1.29 is 8.78 Å². The van der Waals surface area contributed by atoms with E-state index >= 15 is 0 Å². The van der Waals surface area contributed by atoms with Gasteiger partial charge in [-0.15, -0.1) is 11.6 Å². The smallest absolute Gasteiger partial charge is 0.159 e. The van der Waals surface area contributed by atoms with E-state index in [1.807, 2.05) is 0 Å². The Balaban J connectivity index is 2.05. The first kappa shape index (κ1) is 14.8. The molecule has 0 saturated heterocycles. The lowest BCUT2D eigenvalue weighted by atomic mass is 9.74. The summed E-state index contributed by atoms with van der Waals surface area (Å²) in [5, 5.41) is 0.156. The molecular formula is C16H21ClF2. The second-order valence-electron chi connectivity index (χ2n) is 6.05. The molecule has 0 heterocycles. The van der Waals surface area contributed by atoms with E-state index in [2.05, 4.69) is 13.8 Å². The van der Waals surface area contributed by atoms with E-state index in [0.29, 0.717) is 17.8 Å². The van der Waals surface area contributed by atoms with Gasteiger partial charge in [-0.3, -0.25) is 0 Å². The maximum atomic E-state index is 13.2. The monoisotopic (exact) mass is 286 g/mol. The summed E-state index contributed by atoms with van der Waals surface area (Å²) in [6.45, 7) is 4.49. The van der Waals surface area contributed by atoms with Crippen molar-refractivity contribution in [1.29, 1.82) is 0 Å². The summed E-state index contributed by atoms with van der Waals surface area (Å²) >= 11 is 6.41. The lowest BCUT2D eigenvalue weighted by Crippen LogP contribution is -2.29.